The molecule has 0 bridgehead atoms. The molecule has 0 aliphatic carbocycles. The zero-order valence-corrected chi connectivity index (χ0v) is 15.1. The lowest BCUT2D eigenvalue weighted by Crippen LogP contribution is -2.26. The van der Waals surface area contributed by atoms with Gasteiger partial charge in [0.15, 0.2) is 11.5 Å². The molecule has 6 heteroatoms. The van der Waals surface area contributed by atoms with Crippen molar-refractivity contribution in [3.63, 3.8) is 0 Å². The van der Waals surface area contributed by atoms with Gasteiger partial charge in [0, 0.05) is 21.2 Å². The summed E-state index contributed by atoms with van der Waals surface area (Å²) in [6.07, 6.45) is 0. The van der Waals surface area contributed by atoms with Crippen molar-refractivity contribution in [3.8, 4) is 11.5 Å². The van der Waals surface area contributed by atoms with Crippen LogP contribution in [0.1, 0.15) is 26.3 Å². The van der Waals surface area contributed by atoms with E-state index in [-0.39, 0.29) is 11.5 Å². The van der Waals surface area contributed by atoms with E-state index in [0.717, 1.165) is 4.47 Å². The topological polar surface area (TPSA) is 75.6 Å². The number of benzene rings is 3. The zero-order chi connectivity index (χ0) is 18.5. The molecule has 0 saturated carbocycles. The normalized spacial score (nSPS) is 10.2. The van der Waals surface area contributed by atoms with Gasteiger partial charge in [0.1, 0.15) is 5.75 Å². The van der Waals surface area contributed by atoms with E-state index >= 15 is 0 Å². The lowest BCUT2D eigenvalue weighted by Gasteiger charge is -2.08. The molecule has 2 N–H and O–H groups in total. The predicted molar refractivity (Wildman–Crippen MR) is 100 cm³/mol. The number of halogens is 1. The first-order valence-corrected chi connectivity index (χ1v) is 8.49. The molecule has 26 heavy (non-hydrogen) atoms. The monoisotopic (exact) mass is 411 g/mol. The van der Waals surface area contributed by atoms with Crippen LogP contribution in [0, 0.1) is 0 Å². The summed E-state index contributed by atoms with van der Waals surface area (Å²) >= 11 is 3.32. The Balaban J connectivity index is 1.65. The van der Waals surface area contributed by atoms with E-state index in [2.05, 4.69) is 21.4 Å². The molecule has 0 spiro atoms. The van der Waals surface area contributed by atoms with E-state index in [0.29, 0.717) is 22.4 Å². The number of ketones is 1. The first-order chi connectivity index (χ1) is 12.5. The van der Waals surface area contributed by atoms with Crippen LogP contribution in [0.3, 0.4) is 0 Å². The number of phenols is 1. The smallest absolute Gasteiger partial charge is 0.283 e. The van der Waals surface area contributed by atoms with Gasteiger partial charge in [-0.3, -0.25) is 9.59 Å². The fraction of sp³-hybridized carbons (Fsp3) is 0. The molecule has 3 aromatic rings. The zero-order valence-electron chi connectivity index (χ0n) is 13.5. The van der Waals surface area contributed by atoms with E-state index in [9.17, 15) is 14.7 Å². The van der Waals surface area contributed by atoms with Crippen LogP contribution in [0.2, 0.25) is 0 Å². The number of hydrogen-bond acceptors (Lipinski definition) is 4. The lowest BCUT2D eigenvalue weighted by molar-refractivity contribution is 0.0759. The highest BCUT2D eigenvalue weighted by molar-refractivity contribution is 9.10. The molecule has 3 aromatic carbocycles. The van der Waals surface area contributed by atoms with Crippen molar-refractivity contribution in [2.75, 3.05) is 0 Å². The van der Waals surface area contributed by atoms with Gasteiger partial charge in [-0.05, 0) is 48.5 Å². The van der Waals surface area contributed by atoms with Crippen molar-refractivity contribution in [1.29, 1.82) is 0 Å². The van der Waals surface area contributed by atoms with Crippen molar-refractivity contribution >= 4 is 27.6 Å². The van der Waals surface area contributed by atoms with Crippen LogP contribution in [-0.2, 0) is 0 Å². The molecule has 1 amide bonds. The molecule has 0 heterocycles. The molecule has 0 saturated heterocycles. The summed E-state index contributed by atoms with van der Waals surface area (Å²) < 4.78 is 0.906. The Labute approximate surface area is 158 Å². The van der Waals surface area contributed by atoms with Crippen molar-refractivity contribution in [3.05, 3.63) is 94.0 Å². The Morgan fingerprint density at radius 2 is 1.50 bits per heavy atom. The fourth-order valence-electron chi connectivity index (χ4n) is 2.25. The minimum atomic E-state index is -0.427. The summed E-state index contributed by atoms with van der Waals surface area (Å²) in [7, 11) is 0. The van der Waals surface area contributed by atoms with Gasteiger partial charge < -0.3 is 9.94 Å². The largest absolute Gasteiger partial charge is 0.508 e. The Kier molecular flexibility index (Phi) is 5.34. The molecular formula is C20H14BrNO4. The highest BCUT2D eigenvalue weighted by Crippen LogP contribution is 2.17. The van der Waals surface area contributed by atoms with Gasteiger partial charge in [0.05, 0.1) is 0 Å². The SMILES string of the molecule is O=C(NOc1ccc(Br)cc1)c1ccc(C(=O)c2cccc(O)c2)cc1. The van der Waals surface area contributed by atoms with E-state index < -0.39 is 5.91 Å². The van der Waals surface area contributed by atoms with Crippen LogP contribution >= 0.6 is 15.9 Å². The third-order valence-corrected chi connectivity index (χ3v) is 4.12. The highest BCUT2D eigenvalue weighted by Gasteiger charge is 2.12. The predicted octanol–water partition coefficient (Wildman–Crippen LogP) is 4.11. The highest BCUT2D eigenvalue weighted by atomic mass is 79.9. The second kappa shape index (κ2) is 7.84. The molecule has 130 valence electrons. The summed E-state index contributed by atoms with van der Waals surface area (Å²) in [5, 5.41) is 9.47. The average molecular weight is 412 g/mol. The number of hydrogen-bond donors (Lipinski definition) is 2. The van der Waals surface area contributed by atoms with Crippen LogP contribution in [0.5, 0.6) is 11.5 Å². The minimum Gasteiger partial charge on any atom is -0.508 e. The van der Waals surface area contributed by atoms with Crippen molar-refractivity contribution in [2.24, 2.45) is 0 Å². The van der Waals surface area contributed by atoms with Gasteiger partial charge in [-0.2, -0.15) is 5.48 Å². The number of amides is 1. The van der Waals surface area contributed by atoms with E-state index in [1.165, 1.54) is 24.3 Å². The molecule has 0 atom stereocenters. The molecule has 0 aromatic heterocycles. The minimum absolute atomic E-state index is 0.0249. The Morgan fingerprint density at radius 1 is 0.846 bits per heavy atom. The first kappa shape index (κ1) is 17.7. The number of hydroxylamine groups is 1. The number of carbonyl (C=O) groups excluding carboxylic acids is 2. The van der Waals surface area contributed by atoms with Crippen molar-refractivity contribution in [1.82, 2.24) is 5.48 Å². The van der Waals surface area contributed by atoms with Gasteiger partial charge in [-0.1, -0.05) is 40.2 Å². The van der Waals surface area contributed by atoms with Crippen molar-refractivity contribution < 1.29 is 19.5 Å². The third-order valence-electron chi connectivity index (χ3n) is 3.59. The van der Waals surface area contributed by atoms with Gasteiger partial charge in [-0.15, -0.1) is 0 Å². The Bertz CT molecular complexity index is 937. The van der Waals surface area contributed by atoms with E-state index in [1.807, 2.05) is 0 Å². The fourth-order valence-corrected chi connectivity index (χ4v) is 2.52. The molecule has 0 unspecified atom stereocenters. The van der Waals surface area contributed by atoms with Crippen LogP contribution < -0.4 is 10.3 Å². The maximum absolute atomic E-state index is 12.4. The number of carbonyl (C=O) groups is 2. The maximum Gasteiger partial charge on any atom is 0.283 e. The lowest BCUT2D eigenvalue weighted by atomic mass is 10.0. The van der Waals surface area contributed by atoms with Crippen molar-refractivity contribution in [2.45, 2.75) is 0 Å². The number of aromatic hydroxyl groups is 1. The molecule has 0 radical (unpaired) electrons. The van der Waals surface area contributed by atoms with E-state index in [4.69, 9.17) is 4.84 Å². The molecule has 5 nitrogen and oxygen atoms in total. The first-order valence-electron chi connectivity index (χ1n) is 7.69. The summed E-state index contributed by atoms with van der Waals surface area (Å²) in [6.45, 7) is 0. The van der Waals surface area contributed by atoms with Crippen LogP contribution in [0.4, 0.5) is 0 Å². The van der Waals surface area contributed by atoms with Gasteiger partial charge in [-0.25, -0.2) is 0 Å². The maximum atomic E-state index is 12.4. The third kappa shape index (κ3) is 4.29. The molecule has 0 fully saturated rings. The Morgan fingerprint density at radius 3 is 2.15 bits per heavy atom. The molecular weight excluding hydrogens is 398 g/mol. The molecule has 3 rings (SSSR count). The average Bonchev–Trinajstić information content (AvgIpc) is 2.67. The summed E-state index contributed by atoms with van der Waals surface area (Å²) in [6, 6.07) is 19.3. The van der Waals surface area contributed by atoms with Gasteiger partial charge in [0.25, 0.3) is 5.91 Å². The number of nitrogens with one attached hydrogen (secondary N) is 1. The summed E-state index contributed by atoms with van der Waals surface area (Å²) in [4.78, 5) is 29.7. The second-order valence-corrected chi connectivity index (χ2v) is 6.36. The van der Waals surface area contributed by atoms with E-state index in [1.54, 1.807) is 48.5 Å². The van der Waals surface area contributed by atoms with Crippen LogP contribution in [0.15, 0.2) is 77.3 Å². The number of phenolic OH excluding ortho intramolecular Hbond substituents is 1. The number of rotatable bonds is 5. The quantitative estimate of drug-likeness (QED) is 0.489. The van der Waals surface area contributed by atoms with Crippen LogP contribution in [-0.4, -0.2) is 16.8 Å². The molecule has 0 aliphatic heterocycles. The standard InChI is InChI=1S/C20H14BrNO4/c21-16-8-10-18(11-9-16)26-22-20(25)14-6-4-13(5-7-14)19(24)15-2-1-3-17(23)12-15/h1-12,23H,(H,22,25). The summed E-state index contributed by atoms with van der Waals surface area (Å²) in [5.74, 6) is -0.141. The summed E-state index contributed by atoms with van der Waals surface area (Å²) in [5.41, 5.74) is 3.50. The Hall–Kier alpha value is -3.12. The second-order valence-electron chi connectivity index (χ2n) is 5.44. The van der Waals surface area contributed by atoms with Crippen LogP contribution in [0.25, 0.3) is 0 Å². The van der Waals surface area contributed by atoms with Gasteiger partial charge in [0.2, 0.25) is 0 Å². The molecule has 0 aliphatic rings. The van der Waals surface area contributed by atoms with Gasteiger partial charge >= 0.3 is 0 Å².